The maximum absolute atomic E-state index is 6.19. The number of anilines is 1. The highest BCUT2D eigenvalue weighted by Crippen LogP contribution is 2.43. The molecule has 0 amide bonds. The number of nitrogens with one attached hydrogen (secondary N) is 1. The summed E-state index contributed by atoms with van der Waals surface area (Å²) < 4.78 is 5.29. The number of benzene rings is 1. The molecule has 1 aliphatic heterocycles. The van der Waals surface area contributed by atoms with Gasteiger partial charge >= 0.3 is 0 Å². The van der Waals surface area contributed by atoms with Gasteiger partial charge in [-0.2, -0.15) is 0 Å². The Morgan fingerprint density at radius 2 is 2.40 bits per heavy atom. The van der Waals surface area contributed by atoms with Crippen LogP contribution in [0.15, 0.2) is 12.1 Å². The predicted molar refractivity (Wildman–Crippen MR) is 62.9 cm³/mol. The van der Waals surface area contributed by atoms with E-state index < -0.39 is 0 Å². The topological polar surface area (TPSA) is 47.3 Å². The Hall–Kier alpha value is -0.930. The molecule has 3 nitrogen and oxygen atoms in total. The number of methoxy groups -OCH3 is 1. The fourth-order valence-corrected chi connectivity index (χ4v) is 2.41. The van der Waals surface area contributed by atoms with E-state index in [0.717, 1.165) is 35.0 Å². The summed E-state index contributed by atoms with van der Waals surface area (Å²) in [6.45, 7) is 1.58. The molecular weight excluding hydrogens is 212 g/mol. The first-order valence-electron chi connectivity index (χ1n) is 5.08. The lowest BCUT2D eigenvalue weighted by molar-refractivity contribution is 0.416. The highest BCUT2D eigenvalue weighted by molar-refractivity contribution is 6.32. The second kappa shape index (κ2) is 4.29. The number of fused-ring (bicyclic) bond motifs is 1. The molecule has 0 saturated heterocycles. The summed E-state index contributed by atoms with van der Waals surface area (Å²) in [5.41, 5.74) is 7.77. The minimum atomic E-state index is 0.410. The summed E-state index contributed by atoms with van der Waals surface area (Å²) in [6.07, 6.45) is 0.951. The van der Waals surface area contributed by atoms with E-state index in [0.29, 0.717) is 12.5 Å². The molecule has 3 N–H and O–H groups in total. The first kappa shape index (κ1) is 10.6. The minimum Gasteiger partial charge on any atom is -0.495 e. The Kier molecular flexibility index (Phi) is 3.03. The minimum absolute atomic E-state index is 0.410. The zero-order valence-corrected chi connectivity index (χ0v) is 9.47. The Labute approximate surface area is 94.6 Å². The van der Waals surface area contributed by atoms with Crippen LogP contribution in [0.2, 0.25) is 5.02 Å². The normalized spacial score (nSPS) is 18.5. The van der Waals surface area contributed by atoms with Crippen LogP contribution in [-0.2, 0) is 0 Å². The fraction of sp³-hybridized carbons (Fsp3) is 0.455. The lowest BCUT2D eigenvalue weighted by atomic mass is 9.97. The molecule has 15 heavy (non-hydrogen) atoms. The molecule has 1 aromatic rings. The first-order valence-corrected chi connectivity index (χ1v) is 5.46. The second-order valence-corrected chi connectivity index (χ2v) is 4.10. The molecule has 0 saturated carbocycles. The van der Waals surface area contributed by atoms with Crippen LogP contribution in [0.3, 0.4) is 0 Å². The number of rotatable bonds is 3. The van der Waals surface area contributed by atoms with Crippen molar-refractivity contribution < 1.29 is 4.74 Å². The molecule has 0 aliphatic carbocycles. The van der Waals surface area contributed by atoms with Crippen molar-refractivity contribution in [3.8, 4) is 5.75 Å². The summed E-state index contributed by atoms with van der Waals surface area (Å²) in [6, 6.07) is 3.77. The van der Waals surface area contributed by atoms with E-state index >= 15 is 0 Å². The molecule has 4 heteroatoms. The average molecular weight is 227 g/mol. The number of halogens is 1. The van der Waals surface area contributed by atoms with Crippen molar-refractivity contribution in [2.24, 2.45) is 5.73 Å². The van der Waals surface area contributed by atoms with Gasteiger partial charge in [0, 0.05) is 23.0 Å². The summed E-state index contributed by atoms with van der Waals surface area (Å²) in [5.74, 6) is 1.27. The molecule has 0 bridgehead atoms. The zero-order chi connectivity index (χ0) is 10.8. The van der Waals surface area contributed by atoms with Gasteiger partial charge in [-0.3, -0.25) is 0 Å². The van der Waals surface area contributed by atoms with E-state index in [1.165, 1.54) is 0 Å². The number of nitrogens with two attached hydrogens (primary N) is 1. The van der Waals surface area contributed by atoms with Crippen molar-refractivity contribution in [2.45, 2.75) is 12.3 Å². The lowest BCUT2D eigenvalue weighted by Gasteiger charge is -2.11. The van der Waals surface area contributed by atoms with Crippen LogP contribution in [0.5, 0.6) is 5.75 Å². The molecule has 82 valence electrons. The zero-order valence-electron chi connectivity index (χ0n) is 8.72. The molecule has 1 aliphatic rings. The van der Waals surface area contributed by atoms with Crippen LogP contribution in [0.1, 0.15) is 17.9 Å². The summed E-state index contributed by atoms with van der Waals surface area (Å²) in [7, 11) is 1.67. The quantitative estimate of drug-likeness (QED) is 0.831. The number of ether oxygens (including phenoxy) is 1. The van der Waals surface area contributed by atoms with Crippen molar-refractivity contribution in [1.82, 2.24) is 0 Å². The van der Waals surface area contributed by atoms with Gasteiger partial charge in [0.2, 0.25) is 0 Å². The molecule has 0 radical (unpaired) electrons. The predicted octanol–water partition coefficient (Wildman–Crippen LogP) is 2.21. The third-order valence-corrected chi connectivity index (χ3v) is 3.15. The Morgan fingerprint density at radius 3 is 3.07 bits per heavy atom. The number of hydrogen-bond donors (Lipinski definition) is 2. The van der Waals surface area contributed by atoms with E-state index in [9.17, 15) is 0 Å². The van der Waals surface area contributed by atoms with Crippen LogP contribution in [0, 0.1) is 0 Å². The van der Waals surface area contributed by atoms with E-state index in [1.807, 2.05) is 12.1 Å². The van der Waals surface area contributed by atoms with Gasteiger partial charge in [0.1, 0.15) is 5.75 Å². The Morgan fingerprint density at radius 1 is 1.60 bits per heavy atom. The van der Waals surface area contributed by atoms with Crippen molar-refractivity contribution in [1.29, 1.82) is 0 Å². The van der Waals surface area contributed by atoms with Gasteiger partial charge in [0.15, 0.2) is 0 Å². The SMILES string of the molecule is COc1ccc(Cl)c2c1NCC2CCN. The highest BCUT2D eigenvalue weighted by atomic mass is 35.5. The molecule has 1 unspecified atom stereocenters. The largest absolute Gasteiger partial charge is 0.495 e. The third kappa shape index (κ3) is 1.77. The van der Waals surface area contributed by atoms with E-state index in [-0.39, 0.29) is 0 Å². The van der Waals surface area contributed by atoms with Gasteiger partial charge in [-0.25, -0.2) is 0 Å². The molecule has 1 atom stereocenters. The molecule has 0 spiro atoms. The third-order valence-electron chi connectivity index (χ3n) is 2.82. The Balaban J connectivity index is 2.42. The van der Waals surface area contributed by atoms with Gasteiger partial charge in [0.25, 0.3) is 0 Å². The number of hydrogen-bond acceptors (Lipinski definition) is 3. The van der Waals surface area contributed by atoms with Gasteiger partial charge in [-0.1, -0.05) is 11.6 Å². The Bertz CT molecular complexity index is 368. The second-order valence-electron chi connectivity index (χ2n) is 3.69. The first-order chi connectivity index (χ1) is 7.27. The van der Waals surface area contributed by atoms with E-state index in [2.05, 4.69) is 5.32 Å². The van der Waals surface area contributed by atoms with Crippen LogP contribution < -0.4 is 15.8 Å². The van der Waals surface area contributed by atoms with Crippen molar-refractivity contribution >= 4 is 17.3 Å². The van der Waals surface area contributed by atoms with Gasteiger partial charge < -0.3 is 15.8 Å². The molecule has 0 aromatic heterocycles. The maximum atomic E-state index is 6.19. The fourth-order valence-electron chi connectivity index (χ4n) is 2.10. The van der Waals surface area contributed by atoms with Gasteiger partial charge in [-0.15, -0.1) is 0 Å². The van der Waals surface area contributed by atoms with E-state index in [1.54, 1.807) is 7.11 Å². The molecule has 1 aromatic carbocycles. The molecule has 0 fully saturated rings. The molecule has 1 heterocycles. The maximum Gasteiger partial charge on any atom is 0.142 e. The van der Waals surface area contributed by atoms with Gasteiger partial charge in [0.05, 0.1) is 12.8 Å². The standard InChI is InChI=1S/C11H15ClN2O/c1-15-9-3-2-8(12)10-7(4-5-13)6-14-11(9)10/h2-3,7,14H,4-6,13H2,1H3. The van der Waals surface area contributed by atoms with Crippen LogP contribution in [0.25, 0.3) is 0 Å². The van der Waals surface area contributed by atoms with Crippen molar-refractivity contribution in [3.05, 3.63) is 22.7 Å². The molecular formula is C11H15ClN2O. The van der Waals surface area contributed by atoms with Crippen LogP contribution in [0.4, 0.5) is 5.69 Å². The summed E-state index contributed by atoms with van der Waals surface area (Å²) in [5, 5.41) is 4.13. The van der Waals surface area contributed by atoms with Crippen molar-refractivity contribution in [2.75, 3.05) is 25.5 Å². The summed E-state index contributed by atoms with van der Waals surface area (Å²) >= 11 is 6.19. The van der Waals surface area contributed by atoms with Crippen LogP contribution in [-0.4, -0.2) is 20.2 Å². The lowest BCUT2D eigenvalue weighted by Crippen LogP contribution is -2.09. The van der Waals surface area contributed by atoms with Crippen molar-refractivity contribution in [3.63, 3.8) is 0 Å². The van der Waals surface area contributed by atoms with Crippen LogP contribution >= 0.6 is 11.6 Å². The smallest absolute Gasteiger partial charge is 0.142 e. The average Bonchev–Trinajstić information content (AvgIpc) is 2.64. The van der Waals surface area contributed by atoms with Gasteiger partial charge in [-0.05, 0) is 25.1 Å². The summed E-state index contributed by atoms with van der Waals surface area (Å²) in [4.78, 5) is 0. The monoisotopic (exact) mass is 226 g/mol. The van der Waals surface area contributed by atoms with E-state index in [4.69, 9.17) is 22.1 Å². The molecule has 2 rings (SSSR count). The highest BCUT2D eigenvalue weighted by Gasteiger charge is 2.26.